The molecule has 6 nitrogen and oxygen atoms in total. The molecule has 0 bridgehead atoms. The van der Waals surface area contributed by atoms with E-state index in [4.69, 9.17) is 9.52 Å². The first-order valence-electron chi connectivity index (χ1n) is 5.16. The second-order valence-corrected chi connectivity index (χ2v) is 3.74. The first kappa shape index (κ1) is 11.3. The van der Waals surface area contributed by atoms with Crippen LogP contribution in [0.4, 0.5) is 0 Å². The molecular weight excluding hydrogens is 224 g/mol. The summed E-state index contributed by atoms with van der Waals surface area (Å²) in [5, 5.41) is 13.8. The minimum absolute atomic E-state index is 0.0897. The van der Waals surface area contributed by atoms with Gasteiger partial charge < -0.3 is 9.52 Å². The first-order valence-corrected chi connectivity index (χ1v) is 5.16. The molecule has 2 rings (SSSR count). The van der Waals surface area contributed by atoms with Gasteiger partial charge >= 0.3 is 5.97 Å². The van der Waals surface area contributed by atoms with E-state index >= 15 is 0 Å². The molecule has 0 aromatic carbocycles. The van der Waals surface area contributed by atoms with Crippen LogP contribution in [0, 0.1) is 6.92 Å². The van der Waals surface area contributed by atoms with Gasteiger partial charge in [-0.05, 0) is 25.5 Å². The zero-order chi connectivity index (χ0) is 12.4. The van der Waals surface area contributed by atoms with E-state index in [0.717, 1.165) is 5.76 Å². The van der Waals surface area contributed by atoms with Gasteiger partial charge in [-0.1, -0.05) is 0 Å². The SMILES string of the molecule is Cc1ccc(-c2[nH][nH]c(=O)c2CCC(=O)O)o1. The number of aliphatic carboxylic acids is 1. The van der Waals surface area contributed by atoms with Crippen LogP contribution in [-0.2, 0) is 11.2 Å². The third-order valence-corrected chi connectivity index (χ3v) is 2.45. The number of carbonyl (C=O) groups is 1. The zero-order valence-electron chi connectivity index (χ0n) is 9.24. The number of nitrogens with one attached hydrogen (secondary N) is 2. The maximum Gasteiger partial charge on any atom is 0.303 e. The van der Waals surface area contributed by atoms with E-state index in [1.807, 2.05) is 0 Å². The Hall–Kier alpha value is -2.24. The summed E-state index contributed by atoms with van der Waals surface area (Å²) in [5.74, 6) is 0.319. The summed E-state index contributed by atoms with van der Waals surface area (Å²) in [5.41, 5.74) is 0.612. The quantitative estimate of drug-likeness (QED) is 0.744. The maximum absolute atomic E-state index is 11.5. The van der Waals surface area contributed by atoms with Crippen molar-refractivity contribution >= 4 is 5.97 Å². The number of hydrogen-bond donors (Lipinski definition) is 3. The Kier molecular flexibility index (Phi) is 2.86. The molecule has 0 radical (unpaired) electrons. The van der Waals surface area contributed by atoms with Crippen LogP contribution in [0.1, 0.15) is 17.7 Å². The van der Waals surface area contributed by atoms with Gasteiger partial charge in [-0.15, -0.1) is 0 Å². The normalized spacial score (nSPS) is 10.6. The summed E-state index contributed by atoms with van der Waals surface area (Å²) >= 11 is 0. The second-order valence-electron chi connectivity index (χ2n) is 3.74. The van der Waals surface area contributed by atoms with Gasteiger partial charge in [0.15, 0.2) is 5.76 Å². The molecule has 6 heteroatoms. The minimum Gasteiger partial charge on any atom is -0.481 e. The van der Waals surface area contributed by atoms with Crippen molar-refractivity contribution < 1.29 is 14.3 Å². The molecule has 0 atom stereocenters. The summed E-state index contributed by atoms with van der Waals surface area (Å²) in [4.78, 5) is 22.0. The molecule has 0 saturated carbocycles. The average Bonchev–Trinajstić information content (AvgIpc) is 2.82. The van der Waals surface area contributed by atoms with Crippen LogP contribution in [0.5, 0.6) is 0 Å². The Labute approximate surface area is 96.3 Å². The fourth-order valence-electron chi connectivity index (χ4n) is 1.63. The molecule has 3 N–H and O–H groups in total. The van der Waals surface area contributed by atoms with Gasteiger partial charge in [-0.3, -0.25) is 19.8 Å². The van der Waals surface area contributed by atoms with E-state index in [-0.39, 0.29) is 18.4 Å². The fourth-order valence-corrected chi connectivity index (χ4v) is 1.63. The van der Waals surface area contributed by atoms with Crippen molar-refractivity contribution in [2.75, 3.05) is 0 Å². The standard InChI is InChI=1S/C11H12N2O4/c1-6-2-4-8(17-6)10-7(3-5-9(14)15)11(16)13-12-10/h2,4H,3,5H2,1H3,(H,14,15)(H2,12,13,16). The number of carboxylic acid groups (broad SMARTS) is 1. The van der Waals surface area contributed by atoms with Crippen molar-refractivity contribution in [3.63, 3.8) is 0 Å². The van der Waals surface area contributed by atoms with Gasteiger partial charge in [0.05, 0.1) is 0 Å². The van der Waals surface area contributed by atoms with E-state index in [0.29, 0.717) is 17.0 Å². The molecule has 0 unspecified atom stereocenters. The summed E-state index contributed by atoms with van der Waals surface area (Å²) in [6.45, 7) is 1.80. The van der Waals surface area contributed by atoms with Gasteiger partial charge in [0.1, 0.15) is 11.5 Å². The molecule has 0 spiro atoms. The summed E-state index contributed by atoms with van der Waals surface area (Å²) < 4.78 is 5.39. The Bertz CT molecular complexity index is 591. The van der Waals surface area contributed by atoms with E-state index in [1.54, 1.807) is 19.1 Å². The molecule has 2 aromatic heterocycles. The molecule has 0 aliphatic rings. The van der Waals surface area contributed by atoms with Crippen LogP contribution in [-0.4, -0.2) is 21.3 Å². The van der Waals surface area contributed by atoms with E-state index in [9.17, 15) is 9.59 Å². The van der Waals surface area contributed by atoms with Crippen LogP contribution in [0.15, 0.2) is 21.3 Å². The molecule has 2 aromatic rings. The molecule has 17 heavy (non-hydrogen) atoms. The number of hydrogen-bond acceptors (Lipinski definition) is 3. The lowest BCUT2D eigenvalue weighted by atomic mass is 10.1. The van der Waals surface area contributed by atoms with Crippen molar-refractivity contribution in [2.45, 2.75) is 19.8 Å². The average molecular weight is 236 g/mol. The lowest BCUT2D eigenvalue weighted by Crippen LogP contribution is -2.08. The minimum atomic E-state index is -0.938. The number of furan rings is 1. The molecule has 0 aliphatic carbocycles. The molecule has 0 saturated heterocycles. The summed E-state index contributed by atoms with van der Waals surface area (Å²) in [6, 6.07) is 3.51. The third kappa shape index (κ3) is 2.30. The molecule has 0 amide bonds. The van der Waals surface area contributed by atoms with Crippen LogP contribution in [0.25, 0.3) is 11.5 Å². The van der Waals surface area contributed by atoms with Crippen molar-refractivity contribution in [2.24, 2.45) is 0 Å². The van der Waals surface area contributed by atoms with Crippen LogP contribution < -0.4 is 5.56 Å². The van der Waals surface area contributed by atoms with Crippen molar-refractivity contribution in [1.82, 2.24) is 10.2 Å². The summed E-state index contributed by atoms with van der Waals surface area (Å²) in [7, 11) is 0. The number of aryl methyl sites for hydroxylation is 1. The number of H-pyrrole nitrogens is 2. The predicted molar refractivity (Wildman–Crippen MR) is 59.8 cm³/mol. The Morgan fingerprint density at radius 3 is 2.76 bits per heavy atom. The Balaban J connectivity index is 2.35. The largest absolute Gasteiger partial charge is 0.481 e. The highest BCUT2D eigenvalue weighted by molar-refractivity contribution is 5.68. The number of aromatic nitrogens is 2. The molecule has 0 fully saturated rings. The van der Waals surface area contributed by atoms with Crippen molar-refractivity contribution in [1.29, 1.82) is 0 Å². The molecule has 90 valence electrons. The third-order valence-electron chi connectivity index (χ3n) is 2.45. The smallest absolute Gasteiger partial charge is 0.303 e. The lowest BCUT2D eigenvalue weighted by molar-refractivity contribution is -0.136. The molecule has 0 aliphatic heterocycles. The van der Waals surface area contributed by atoms with Crippen LogP contribution in [0.2, 0.25) is 0 Å². The van der Waals surface area contributed by atoms with Crippen LogP contribution in [0.3, 0.4) is 0 Å². The highest BCUT2D eigenvalue weighted by atomic mass is 16.4. The number of aromatic amines is 2. The molecule has 2 heterocycles. The van der Waals surface area contributed by atoms with Gasteiger partial charge in [0.25, 0.3) is 5.56 Å². The predicted octanol–water partition coefficient (Wildman–Crippen LogP) is 1.29. The highest BCUT2D eigenvalue weighted by Gasteiger charge is 2.15. The Morgan fingerprint density at radius 1 is 1.41 bits per heavy atom. The molecular formula is C11H12N2O4. The lowest BCUT2D eigenvalue weighted by Gasteiger charge is -1.97. The van der Waals surface area contributed by atoms with Crippen molar-refractivity contribution in [3.05, 3.63) is 33.8 Å². The van der Waals surface area contributed by atoms with Gasteiger partial charge in [0.2, 0.25) is 0 Å². The maximum atomic E-state index is 11.5. The second kappa shape index (κ2) is 4.32. The number of rotatable bonds is 4. The van der Waals surface area contributed by atoms with E-state index < -0.39 is 5.97 Å². The van der Waals surface area contributed by atoms with Crippen molar-refractivity contribution in [3.8, 4) is 11.5 Å². The highest BCUT2D eigenvalue weighted by Crippen LogP contribution is 2.22. The fraction of sp³-hybridized carbons (Fsp3) is 0.273. The van der Waals surface area contributed by atoms with Crippen LogP contribution >= 0.6 is 0 Å². The summed E-state index contributed by atoms with van der Waals surface area (Å²) in [6.07, 6.45) is 0.0802. The monoisotopic (exact) mass is 236 g/mol. The van der Waals surface area contributed by atoms with E-state index in [1.165, 1.54) is 0 Å². The first-order chi connectivity index (χ1) is 8.08. The number of carboxylic acids is 1. The Morgan fingerprint density at radius 2 is 2.18 bits per heavy atom. The van der Waals surface area contributed by atoms with E-state index in [2.05, 4.69) is 10.2 Å². The van der Waals surface area contributed by atoms with Gasteiger partial charge in [-0.25, -0.2) is 0 Å². The zero-order valence-corrected chi connectivity index (χ0v) is 9.24. The topological polar surface area (TPSA) is 99.1 Å². The van der Waals surface area contributed by atoms with Gasteiger partial charge in [0, 0.05) is 12.0 Å². The van der Waals surface area contributed by atoms with Gasteiger partial charge in [-0.2, -0.15) is 0 Å².